The highest BCUT2D eigenvalue weighted by atomic mass is 32.2. The largest absolute Gasteiger partial charge is 0.385 e. The summed E-state index contributed by atoms with van der Waals surface area (Å²) in [4.78, 5) is 17.5. The molecule has 9 nitrogen and oxygen atoms in total. The van der Waals surface area contributed by atoms with Crippen molar-refractivity contribution in [3.05, 3.63) is 65.4 Å². The van der Waals surface area contributed by atoms with E-state index in [0.29, 0.717) is 41.9 Å². The SMILES string of the molecule is Nc1nn(C(=O)C2CCNc3ccc(F)cc32)c2c1CCN(S(=O)(=O)c1ccncc1)C2. The Hall–Kier alpha value is -3.31. The van der Waals surface area contributed by atoms with Crippen molar-refractivity contribution < 1.29 is 17.6 Å². The van der Waals surface area contributed by atoms with Gasteiger partial charge in [0, 0.05) is 36.7 Å². The molecule has 0 spiro atoms. The maximum atomic E-state index is 13.9. The summed E-state index contributed by atoms with van der Waals surface area (Å²) in [5.41, 5.74) is 8.46. The molecule has 0 radical (unpaired) electrons. The summed E-state index contributed by atoms with van der Waals surface area (Å²) in [7, 11) is -3.78. The van der Waals surface area contributed by atoms with Gasteiger partial charge in [-0.25, -0.2) is 17.5 Å². The minimum atomic E-state index is -3.78. The lowest BCUT2D eigenvalue weighted by molar-refractivity contribution is 0.0850. The van der Waals surface area contributed by atoms with E-state index in [-0.39, 0.29) is 29.7 Å². The molecule has 11 heteroatoms. The van der Waals surface area contributed by atoms with Crippen LogP contribution in [0.2, 0.25) is 0 Å². The van der Waals surface area contributed by atoms with E-state index in [4.69, 9.17) is 5.73 Å². The zero-order valence-corrected chi connectivity index (χ0v) is 17.8. The fourth-order valence-corrected chi connectivity index (χ4v) is 5.75. The highest BCUT2D eigenvalue weighted by Crippen LogP contribution is 2.35. The molecule has 2 aromatic heterocycles. The first-order chi connectivity index (χ1) is 15.4. The van der Waals surface area contributed by atoms with Crippen LogP contribution in [-0.4, -0.2) is 46.5 Å². The first kappa shape index (κ1) is 20.6. The van der Waals surface area contributed by atoms with Crippen LogP contribution in [-0.2, 0) is 23.0 Å². The van der Waals surface area contributed by atoms with Crippen molar-refractivity contribution in [3.63, 3.8) is 0 Å². The van der Waals surface area contributed by atoms with Gasteiger partial charge in [-0.05, 0) is 48.7 Å². The summed E-state index contributed by atoms with van der Waals surface area (Å²) < 4.78 is 42.6. The summed E-state index contributed by atoms with van der Waals surface area (Å²) in [6, 6.07) is 7.17. The summed E-state index contributed by atoms with van der Waals surface area (Å²) in [5.74, 6) is -1.18. The highest BCUT2D eigenvalue weighted by Gasteiger charge is 2.36. The first-order valence-electron chi connectivity index (χ1n) is 10.2. The molecule has 0 fully saturated rings. The molecule has 32 heavy (non-hydrogen) atoms. The van der Waals surface area contributed by atoms with E-state index >= 15 is 0 Å². The Morgan fingerprint density at radius 3 is 2.78 bits per heavy atom. The summed E-state index contributed by atoms with van der Waals surface area (Å²) in [6.45, 7) is 0.747. The number of nitrogens with two attached hydrogens (primary N) is 1. The van der Waals surface area contributed by atoms with E-state index in [9.17, 15) is 17.6 Å². The van der Waals surface area contributed by atoms with Crippen molar-refractivity contribution in [1.29, 1.82) is 0 Å². The van der Waals surface area contributed by atoms with E-state index in [1.807, 2.05) is 0 Å². The molecule has 0 saturated heterocycles. The summed E-state index contributed by atoms with van der Waals surface area (Å²) >= 11 is 0. The van der Waals surface area contributed by atoms with Gasteiger partial charge in [-0.15, -0.1) is 5.10 Å². The number of carbonyl (C=O) groups excluding carboxylic acids is 1. The van der Waals surface area contributed by atoms with Crippen molar-refractivity contribution >= 4 is 27.4 Å². The van der Waals surface area contributed by atoms with Crippen LogP contribution in [0.3, 0.4) is 0 Å². The molecule has 0 bridgehead atoms. The van der Waals surface area contributed by atoms with Gasteiger partial charge in [-0.3, -0.25) is 9.78 Å². The minimum Gasteiger partial charge on any atom is -0.385 e. The fourth-order valence-electron chi connectivity index (χ4n) is 4.36. The lowest BCUT2D eigenvalue weighted by Gasteiger charge is -2.28. The lowest BCUT2D eigenvalue weighted by Crippen LogP contribution is -2.38. The number of benzene rings is 1. The van der Waals surface area contributed by atoms with Crippen LogP contribution in [0.4, 0.5) is 15.9 Å². The van der Waals surface area contributed by atoms with Crippen LogP contribution < -0.4 is 11.1 Å². The number of carbonyl (C=O) groups is 1. The molecule has 1 aromatic carbocycles. The number of hydrogen-bond donors (Lipinski definition) is 2. The third kappa shape index (κ3) is 3.33. The van der Waals surface area contributed by atoms with Gasteiger partial charge in [0.15, 0.2) is 0 Å². The molecule has 2 aliphatic rings. The molecule has 1 unspecified atom stereocenters. The van der Waals surface area contributed by atoms with Gasteiger partial charge in [0.1, 0.15) is 11.6 Å². The predicted molar refractivity (Wildman–Crippen MR) is 115 cm³/mol. The second-order valence-electron chi connectivity index (χ2n) is 7.83. The average Bonchev–Trinajstić information content (AvgIpc) is 3.14. The third-order valence-corrected chi connectivity index (χ3v) is 7.85. The van der Waals surface area contributed by atoms with Crippen LogP contribution in [0.5, 0.6) is 0 Å². The molecule has 1 atom stereocenters. The van der Waals surface area contributed by atoms with Gasteiger partial charge >= 0.3 is 0 Å². The molecule has 4 heterocycles. The molecule has 166 valence electrons. The number of nitrogen functional groups attached to an aromatic ring is 1. The van der Waals surface area contributed by atoms with Crippen LogP contribution in [0, 0.1) is 5.82 Å². The minimum absolute atomic E-state index is 0.0308. The van der Waals surface area contributed by atoms with Crippen molar-refractivity contribution in [2.75, 3.05) is 24.1 Å². The van der Waals surface area contributed by atoms with Gasteiger partial charge in [0.25, 0.3) is 5.91 Å². The van der Waals surface area contributed by atoms with Crippen molar-refractivity contribution in [1.82, 2.24) is 19.1 Å². The van der Waals surface area contributed by atoms with Crippen molar-refractivity contribution in [2.45, 2.75) is 30.2 Å². The Labute approximate surface area is 184 Å². The fraction of sp³-hybridized carbons (Fsp3) is 0.286. The second kappa shape index (κ2) is 7.68. The number of anilines is 2. The van der Waals surface area contributed by atoms with E-state index in [0.717, 1.165) is 0 Å². The molecular weight excluding hydrogens is 435 g/mol. The van der Waals surface area contributed by atoms with Gasteiger partial charge in [0.2, 0.25) is 10.0 Å². The highest BCUT2D eigenvalue weighted by molar-refractivity contribution is 7.89. The van der Waals surface area contributed by atoms with Gasteiger partial charge in [-0.1, -0.05) is 0 Å². The Morgan fingerprint density at radius 1 is 1.22 bits per heavy atom. The number of fused-ring (bicyclic) bond motifs is 2. The first-order valence-corrected chi connectivity index (χ1v) is 11.6. The van der Waals surface area contributed by atoms with Crippen molar-refractivity contribution in [2.24, 2.45) is 0 Å². The molecule has 3 aromatic rings. The molecule has 5 rings (SSSR count). The van der Waals surface area contributed by atoms with E-state index < -0.39 is 21.8 Å². The van der Waals surface area contributed by atoms with Gasteiger partial charge in [-0.2, -0.15) is 4.31 Å². The number of nitrogens with one attached hydrogen (secondary N) is 1. The zero-order chi connectivity index (χ0) is 22.5. The lowest BCUT2D eigenvalue weighted by atomic mass is 9.90. The monoisotopic (exact) mass is 456 g/mol. The van der Waals surface area contributed by atoms with E-state index in [1.165, 1.54) is 45.6 Å². The maximum absolute atomic E-state index is 13.9. The summed E-state index contributed by atoms with van der Waals surface area (Å²) in [5, 5.41) is 7.42. The molecule has 0 aliphatic carbocycles. The average molecular weight is 457 g/mol. The second-order valence-corrected chi connectivity index (χ2v) is 9.77. The maximum Gasteiger partial charge on any atom is 0.254 e. The molecule has 2 aliphatic heterocycles. The van der Waals surface area contributed by atoms with Crippen molar-refractivity contribution in [3.8, 4) is 0 Å². The van der Waals surface area contributed by atoms with E-state index in [2.05, 4.69) is 15.4 Å². The Morgan fingerprint density at radius 2 is 2.00 bits per heavy atom. The number of rotatable bonds is 3. The van der Waals surface area contributed by atoms with Crippen LogP contribution in [0.15, 0.2) is 47.6 Å². The van der Waals surface area contributed by atoms with Gasteiger partial charge in [0.05, 0.1) is 23.1 Å². The van der Waals surface area contributed by atoms with Crippen LogP contribution in [0.25, 0.3) is 0 Å². The number of aromatic nitrogens is 3. The zero-order valence-electron chi connectivity index (χ0n) is 17.0. The Balaban J connectivity index is 1.51. The number of halogens is 1. The quantitative estimate of drug-likeness (QED) is 0.618. The summed E-state index contributed by atoms with van der Waals surface area (Å²) in [6.07, 6.45) is 3.64. The smallest absolute Gasteiger partial charge is 0.254 e. The Kier molecular flexibility index (Phi) is 4.94. The number of hydrogen-bond acceptors (Lipinski definition) is 7. The molecule has 3 N–H and O–H groups in total. The number of pyridine rings is 1. The van der Waals surface area contributed by atoms with Crippen LogP contribution in [0.1, 0.15) is 34.0 Å². The van der Waals surface area contributed by atoms with Crippen LogP contribution >= 0.6 is 0 Å². The Bertz CT molecular complexity index is 1310. The third-order valence-electron chi connectivity index (χ3n) is 5.99. The molecular formula is C21H21FN6O3S. The number of sulfonamides is 1. The molecule has 0 saturated carbocycles. The van der Waals surface area contributed by atoms with E-state index in [1.54, 1.807) is 6.07 Å². The standard InChI is InChI=1S/C21H21FN6O3S/c22-13-1-2-18-17(11-13)15(5-9-25-18)21(29)28-19-12-27(10-6-16(19)20(23)26-28)32(30,31)14-3-7-24-8-4-14/h1-4,7-8,11,15,25H,5-6,9-10,12H2,(H2,23,26). The number of nitrogens with zero attached hydrogens (tertiary/aromatic N) is 4. The topological polar surface area (TPSA) is 123 Å². The van der Waals surface area contributed by atoms with Gasteiger partial charge < -0.3 is 11.1 Å². The predicted octanol–water partition coefficient (Wildman–Crippen LogP) is 1.99. The molecule has 0 amide bonds. The normalized spacial score (nSPS) is 18.5.